The van der Waals surface area contributed by atoms with Crippen molar-refractivity contribution < 1.29 is 9.59 Å². The third-order valence-corrected chi connectivity index (χ3v) is 4.30. The molecule has 1 saturated carbocycles. The molecule has 1 aliphatic heterocycles. The SMILES string of the molecule is CCC1CCN(C(C)C(=O)NC(=O)NC2CC2)CC1. The van der Waals surface area contributed by atoms with E-state index in [1.54, 1.807) is 0 Å². The lowest BCUT2D eigenvalue weighted by Crippen LogP contribution is -2.51. The molecular weight excluding hydrogens is 242 g/mol. The van der Waals surface area contributed by atoms with Gasteiger partial charge in [0.15, 0.2) is 0 Å². The molecular formula is C14H25N3O2. The monoisotopic (exact) mass is 267 g/mol. The van der Waals surface area contributed by atoms with Gasteiger partial charge in [0.2, 0.25) is 5.91 Å². The van der Waals surface area contributed by atoms with E-state index in [0.29, 0.717) is 0 Å². The Kier molecular flexibility index (Phi) is 4.80. The highest BCUT2D eigenvalue weighted by Gasteiger charge is 2.28. The van der Waals surface area contributed by atoms with Crippen molar-refractivity contribution in [2.75, 3.05) is 13.1 Å². The quantitative estimate of drug-likeness (QED) is 0.811. The molecule has 0 aromatic rings. The van der Waals surface area contributed by atoms with Crippen molar-refractivity contribution in [2.24, 2.45) is 5.92 Å². The van der Waals surface area contributed by atoms with E-state index in [1.165, 1.54) is 6.42 Å². The van der Waals surface area contributed by atoms with E-state index in [9.17, 15) is 9.59 Å². The van der Waals surface area contributed by atoms with Gasteiger partial charge in [-0.1, -0.05) is 13.3 Å². The highest BCUT2D eigenvalue weighted by molar-refractivity contribution is 5.96. The number of imide groups is 1. The van der Waals surface area contributed by atoms with Gasteiger partial charge in [-0.25, -0.2) is 4.79 Å². The molecule has 2 fully saturated rings. The predicted molar refractivity (Wildman–Crippen MR) is 73.7 cm³/mol. The van der Waals surface area contributed by atoms with Crippen LogP contribution in [0.15, 0.2) is 0 Å². The number of carbonyl (C=O) groups excluding carboxylic acids is 2. The minimum atomic E-state index is -0.345. The fourth-order valence-electron chi connectivity index (χ4n) is 2.58. The molecule has 2 aliphatic rings. The Hall–Kier alpha value is -1.10. The number of piperidine rings is 1. The third-order valence-electron chi connectivity index (χ3n) is 4.30. The van der Waals surface area contributed by atoms with E-state index in [-0.39, 0.29) is 24.0 Å². The smallest absolute Gasteiger partial charge is 0.321 e. The lowest BCUT2D eigenvalue weighted by Gasteiger charge is -2.34. The molecule has 0 aromatic carbocycles. The Morgan fingerprint density at radius 3 is 2.37 bits per heavy atom. The van der Waals surface area contributed by atoms with Crippen molar-refractivity contribution in [1.82, 2.24) is 15.5 Å². The summed E-state index contributed by atoms with van der Waals surface area (Å²) >= 11 is 0. The molecule has 1 saturated heterocycles. The van der Waals surface area contributed by atoms with Crippen LogP contribution in [0.2, 0.25) is 0 Å². The van der Waals surface area contributed by atoms with E-state index in [2.05, 4.69) is 22.5 Å². The van der Waals surface area contributed by atoms with Crippen molar-refractivity contribution >= 4 is 11.9 Å². The van der Waals surface area contributed by atoms with Crippen LogP contribution in [-0.2, 0) is 4.79 Å². The van der Waals surface area contributed by atoms with Gasteiger partial charge in [0.05, 0.1) is 6.04 Å². The van der Waals surface area contributed by atoms with Gasteiger partial charge in [-0.3, -0.25) is 15.0 Å². The first-order valence-electron chi connectivity index (χ1n) is 7.45. The topological polar surface area (TPSA) is 61.4 Å². The minimum absolute atomic E-state index is 0.187. The summed E-state index contributed by atoms with van der Waals surface area (Å²) in [6, 6.07) is -0.283. The highest BCUT2D eigenvalue weighted by atomic mass is 16.2. The van der Waals surface area contributed by atoms with Crippen LogP contribution in [0, 0.1) is 5.92 Å². The van der Waals surface area contributed by atoms with E-state index < -0.39 is 0 Å². The lowest BCUT2D eigenvalue weighted by atomic mass is 9.93. The van der Waals surface area contributed by atoms with Gasteiger partial charge in [0, 0.05) is 6.04 Å². The van der Waals surface area contributed by atoms with Gasteiger partial charge in [-0.05, 0) is 51.6 Å². The maximum Gasteiger partial charge on any atom is 0.321 e. The molecule has 108 valence electrons. The van der Waals surface area contributed by atoms with Crippen LogP contribution >= 0.6 is 0 Å². The van der Waals surface area contributed by atoms with Crippen molar-refractivity contribution in [3.8, 4) is 0 Å². The minimum Gasteiger partial charge on any atom is -0.335 e. The Morgan fingerprint density at radius 2 is 1.84 bits per heavy atom. The van der Waals surface area contributed by atoms with Crippen LogP contribution in [0.25, 0.3) is 0 Å². The van der Waals surface area contributed by atoms with E-state index in [1.807, 2.05) is 6.92 Å². The zero-order valence-electron chi connectivity index (χ0n) is 11.9. The maximum atomic E-state index is 12.0. The number of nitrogens with zero attached hydrogens (tertiary/aromatic N) is 1. The number of carbonyl (C=O) groups is 2. The van der Waals surface area contributed by atoms with Gasteiger partial charge in [-0.15, -0.1) is 0 Å². The highest BCUT2D eigenvalue weighted by Crippen LogP contribution is 2.21. The Bertz CT molecular complexity index is 334. The zero-order chi connectivity index (χ0) is 13.8. The normalized spacial score (nSPS) is 22.8. The summed E-state index contributed by atoms with van der Waals surface area (Å²) in [5.74, 6) is 0.609. The summed E-state index contributed by atoms with van der Waals surface area (Å²) in [6.07, 6.45) is 5.59. The molecule has 0 bridgehead atoms. The summed E-state index contributed by atoms with van der Waals surface area (Å²) in [5.41, 5.74) is 0. The summed E-state index contributed by atoms with van der Waals surface area (Å²) in [5, 5.41) is 5.21. The molecule has 5 nitrogen and oxygen atoms in total. The van der Waals surface area contributed by atoms with Crippen molar-refractivity contribution in [2.45, 2.75) is 58.0 Å². The van der Waals surface area contributed by atoms with Gasteiger partial charge < -0.3 is 5.32 Å². The number of hydrogen-bond acceptors (Lipinski definition) is 3. The molecule has 1 atom stereocenters. The average molecular weight is 267 g/mol. The molecule has 0 radical (unpaired) electrons. The number of likely N-dealkylation sites (tertiary alicyclic amines) is 1. The largest absolute Gasteiger partial charge is 0.335 e. The van der Waals surface area contributed by atoms with Crippen LogP contribution in [-0.4, -0.2) is 42.0 Å². The van der Waals surface area contributed by atoms with Crippen LogP contribution < -0.4 is 10.6 Å². The fraction of sp³-hybridized carbons (Fsp3) is 0.857. The molecule has 2 N–H and O–H groups in total. The molecule has 1 heterocycles. The van der Waals surface area contributed by atoms with Crippen molar-refractivity contribution in [3.63, 3.8) is 0 Å². The Balaban J connectivity index is 1.73. The molecule has 2 rings (SSSR count). The summed E-state index contributed by atoms with van der Waals surface area (Å²) in [7, 11) is 0. The molecule has 3 amide bonds. The van der Waals surface area contributed by atoms with Crippen LogP contribution in [0.1, 0.15) is 46.0 Å². The van der Waals surface area contributed by atoms with Crippen molar-refractivity contribution in [3.05, 3.63) is 0 Å². The summed E-state index contributed by atoms with van der Waals surface area (Å²) in [6.45, 7) is 6.01. The van der Waals surface area contributed by atoms with Crippen LogP contribution in [0.5, 0.6) is 0 Å². The van der Waals surface area contributed by atoms with E-state index in [4.69, 9.17) is 0 Å². The average Bonchev–Trinajstić information content (AvgIpc) is 3.21. The van der Waals surface area contributed by atoms with E-state index >= 15 is 0 Å². The molecule has 1 aliphatic carbocycles. The predicted octanol–water partition coefficient (Wildman–Crippen LogP) is 1.49. The molecule has 0 aromatic heterocycles. The number of rotatable bonds is 4. The van der Waals surface area contributed by atoms with Gasteiger partial charge >= 0.3 is 6.03 Å². The first kappa shape index (κ1) is 14.3. The fourth-order valence-corrected chi connectivity index (χ4v) is 2.58. The zero-order valence-corrected chi connectivity index (χ0v) is 11.9. The second-order valence-electron chi connectivity index (χ2n) is 5.80. The molecule has 19 heavy (non-hydrogen) atoms. The molecule has 5 heteroatoms. The second kappa shape index (κ2) is 6.37. The van der Waals surface area contributed by atoms with Gasteiger partial charge in [0.25, 0.3) is 0 Å². The summed E-state index contributed by atoms with van der Waals surface area (Å²) in [4.78, 5) is 25.7. The molecule has 1 unspecified atom stereocenters. The number of hydrogen-bond donors (Lipinski definition) is 2. The van der Waals surface area contributed by atoms with E-state index in [0.717, 1.165) is 44.7 Å². The van der Waals surface area contributed by atoms with Gasteiger partial charge in [-0.2, -0.15) is 0 Å². The Labute approximate surface area is 115 Å². The summed E-state index contributed by atoms with van der Waals surface area (Å²) < 4.78 is 0. The van der Waals surface area contributed by atoms with Gasteiger partial charge in [0.1, 0.15) is 0 Å². The van der Waals surface area contributed by atoms with Crippen LogP contribution in [0.3, 0.4) is 0 Å². The number of amides is 3. The molecule has 0 spiro atoms. The maximum absolute atomic E-state index is 12.0. The standard InChI is InChI=1S/C14H25N3O2/c1-3-11-6-8-17(9-7-11)10(2)13(18)16-14(19)15-12-4-5-12/h10-12H,3-9H2,1-2H3,(H2,15,16,18,19). The lowest BCUT2D eigenvalue weighted by molar-refractivity contribution is -0.125. The number of urea groups is 1. The van der Waals surface area contributed by atoms with Crippen LogP contribution in [0.4, 0.5) is 4.79 Å². The first-order chi connectivity index (χ1) is 9.10. The third kappa shape index (κ3) is 4.20. The second-order valence-corrected chi connectivity index (χ2v) is 5.80. The van der Waals surface area contributed by atoms with Crippen molar-refractivity contribution in [1.29, 1.82) is 0 Å². The Morgan fingerprint density at radius 1 is 1.21 bits per heavy atom. The first-order valence-corrected chi connectivity index (χ1v) is 7.45. The number of nitrogens with one attached hydrogen (secondary N) is 2.